The van der Waals surface area contributed by atoms with Crippen LogP contribution < -0.4 is 5.69 Å². The van der Waals surface area contributed by atoms with Gasteiger partial charge in [-0.25, -0.2) is 4.79 Å². The summed E-state index contributed by atoms with van der Waals surface area (Å²) >= 11 is 0. The molecule has 8 aliphatic rings. The van der Waals surface area contributed by atoms with E-state index >= 15 is 0 Å². The fourth-order valence-corrected chi connectivity index (χ4v) is 9.86. The Morgan fingerprint density at radius 1 is 0.759 bits per heavy atom. The molecule has 8 aliphatic carbocycles. The Bertz CT molecular complexity index is 889. The van der Waals surface area contributed by atoms with E-state index in [1.165, 1.54) is 38.5 Å². The number of hydrogen-bond acceptors (Lipinski definition) is 4. The lowest BCUT2D eigenvalue weighted by atomic mass is 9.52. The van der Waals surface area contributed by atoms with Gasteiger partial charge in [0.25, 0.3) is 0 Å². The van der Waals surface area contributed by atoms with Crippen LogP contribution in [0.3, 0.4) is 0 Å². The van der Waals surface area contributed by atoms with Crippen molar-refractivity contribution in [3.05, 3.63) is 20.6 Å². The van der Waals surface area contributed by atoms with Crippen LogP contribution in [-0.2, 0) is 11.1 Å². The van der Waals surface area contributed by atoms with E-state index in [1.807, 2.05) is 0 Å². The number of hydrogen-bond donors (Lipinski definition) is 0. The first-order valence-corrected chi connectivity index (χ1v) is 11.8. The zero-order chi connectivity index (χ0) is 19.5. The van der Waals surface area contributed by atoms with Crippen molar-refractivity contribution in [2.75, 3.05) is 0 Å². The molecular formula is C22H30N4O3. The molecular weight excluding hydrogens is 368 g/mol. The van der Waals surface area contributed by atoms with Crippen molar-refractivity contribution in [1.82, 2.24) is 14.3 Å². The molecule has 0 atom stereocenters. The second-order valence-corrected chi connectivity index (χ2v) is 11.9. The van der Waals surface area contributed by atoms with Gasteiger partial charge in [0.15, 0.2) is 0 Å². The average molecular weight is 399 g/mol. The van der Waals surface area contributed by atoms with Crippen LogP contribution in [0.2, 0.25) is 0 Å². The summed E-state index contributed by atoms with van der Waals surface area (Å²) in [6, 6.07) is 0. The molecule has 8 saturated carbocycles. The Labute approximate surface area is 170 Å². The molecule has 0 aromatic carbocycles. The molecule has 7 nitrogen and oxygen atoms in total. The van der Waals surface area contributed by atoms with Gasteiger partial charge in [0, 0.05) is 5.10 Å². The molecule has 0 unspecified atom stereocenters. The molecule has 0 N–H and O–H groups in total. The van der Waals surface area contributed by atoms with Gasteiger partial charge in [-0.2, -0.15) is 4.57 Å². The maximum Gasteiger partial charge on any atom is 0.460 e. The SMILES string of the molecule is O=c1n(C23CC4CC(CC(C4)C2)C3)nc([N+](=O)[O-])n1C12CC3CC(CC(C3)C1)C2. The Hall–Kier alpha value is -1.66. The maximum atomic E-state index is 13.9. The van der Waals surface area contributed by atoms with E-state index in [4.69, 9.17) is 0 Å². The molecule has 1 aromatic rings. The van der Waals surface area contributed by atoms with Crippen LogP contribution in [0, 0.1) is 45.6 Å². The fraction of sp³-hybridized carbons (Fsp3) is 0.909. The molecule has 1 aromatic heterocycles. The van der Waals surface area contributed by atoms with Crippen LogP contribution in [0.1, 0.15) is 77.0 Å². The minimum Gasteiger partial charge on any atom is -0.390 e. The Kier molecular flexibility index (Phi) is 3.14. The molecule has 1 heterocycles. The fourth-order valence-electron chi connectivity index (χ4n) is 9.86. The monoisotopic (exact) mass is 398 g/mol. The van der Waals surface area contributed by atoms with Crippen LogP contribution in [0.5, 0.6) is 0 Å². The molecule has 0 spiro atoms. The first-order valence-electron chi connectivity index (χ1n) is 11.8. The highest BCUT2D eigenvalue weighted by atomic mass is 16.6. The topological polar surface area (TPSA) is 83.0 Å². The number of nitrogens with zero attached hydrogens (tertiary/aromatic N) is 4. The van der Waals surface area contributed by atoms with Crippen molar-refractivity contribution in [3.63, 3.8) is 0 Å². The average Bonchev–Trinajstić information content (AvgIpc) is 2.98. The highest BCUT2D eigenvalue weighted by Gasteiger charge is 2.59. The van der Waals surface area contributed by atoms with Crippen LogP contribution >= 0.6 is 0 Å². The largest absolute Gasteiger partial charge is 0.460 e. The lowest BCUT2D eigenvalue weighted by Crippen LogP contribution is -2.58. The zero-order valence-electron chi connectivity index (χ0n) is 17.0. The normalized spacial score (nSPS) is 49.1. The van der Waals surface area contributed by atoms with E-state index < -0.39 is 0 Å². The molecule has 8 bridgehead atoms. The first kappa shape index (κ1) is 17.1. The van der Waals surface area contributed by atoms with Gasteiger partial charge in [-0.1, -0.05) is 0 Å². The van der Waals surface area contributed by atoms with E-state index in [-0.39, 0.29) is 27.6 Å². The molecule has 9 rings (SSSR count). The van der Waals surface area contributed by atoms with E-state index in [1.54, 1.807) is 9.25 Å². The molecule has 8 fully saturated rings. The summed E-state index contributed by atoms with van der Waals surface area (Å²) in [5.74, 6) is 3.76. The minimum atomic E-state index is -0.378. The van der Waals surface area contributed by atoms with E-state index in [0.29, 0.717) is 35.5 Å². The lowest BCUT2D eigenvalue weighted by Gasteiger charge is -2.55. The van der Waals surface area contributed by atoms with Crippen molar-refractivity contribution >= 4 is 5.95 Å². The highest BCUT2D eigenvalue weighted by molar-refractivity contribution is 5.17. The van der Waals surface area contributed by atoms with Crippen LogP contribution in [0.4, 0.5) is 5.95 Å². The predicted octanol–water partition coefficient (Wildman–Crippen LogP) is 3.80. The van der Waals surface area contributed by atoms with Crippen molar-refractivity contribution in [2.45, 2.75) is 88.1 Å². The maximum absolute atomic E-state index is 13.9. The highest BCUT2D eigenvalue weighted by Crippen LogP contribution is 2.60. The van der Waals surface area contributed by atoms with Gasteiger partial charge in [0.05, 0.1) is 11.1 Å². The van der Waals surface area contributed by atoms with Crippen molar-refractivity contribution in [2.24, 2.45) is 35.5 Å². The van der Waals surface area contributed by atoms with Gasteiger partial charge in [-0.05, 0) is 117 Å². The minimum absolute atomic E-state index is 0.166. The summed E-state index contributed by atoms with van der Waals surface area (Å²) in [5.41, 5.74) is -0.778. The molecule has 0 radical (unpaired) electrons. The third-order valence-electron chi connectivity index (χ3n) is 9.86. The summed E-state index contributed by atoms with van der Waals surface area (Å²) in [6.07, 6.45) is 13.4. The zero-order valence-corrected chi connectivity index (χ0v) is 17.0. The lowest BCUT2D eigenvalue weighted by molar-refractivity contribution is -0.399. The van der Waals surface area contributed by atoms with Gasteiger partial charge in [0.2, 0.25) is 0 Å². The van der Waals surface area contributed by atoms with E-state index in [0.717, 1.165) is 38.5 Å². The standard InChI is InChI=1S/C22H30N4O3/c27-20-24(21-7-13-1-14(8-21)3-15(2-13)9-21)19(26(28)29)23-25(20)22-10-16-4-17(11-22)6-18(5-16)12-22/h13-18H,1-12H2. The molecule has 29 heavy (non-hydrogen) atoms. The quantitative estimate of drug-likeness (QED) is 0.573. The van der Waals surface area contributed by atoms with Gasteiger partial charge < -0.3 is 10.1 Å². The molecule has 7 heteroatoms. The van der Waals surface area contributed by atoms with Crippen LogP contribution in [-0.4, -0.2) is 19.3 Å². The second kappa shape index (κ2) is 5.33. The molecule has 156 valence electrons. The Morgan fingerprint density at radius 3 is 1.52 bits per heavy atom. The molecule has 0 aliphatic heterocycles. The Morgan fingerprint density at radius 2 is 1.14 bits per heavy atom. The smallest absolute Gasteiger partial charge is 0.390 e. The van der Waals surface area contributed by atoms with Gasteiger partial charge in [-0.15, -0.1) is 4.68 Å². The van der Waals surface area contributed by atoms with E-state index in [9.17, 15) is 14.9 Å². The number of aromatic nitrogens is 3. The van der Waals surface area contributed by atoms with Crippen molar-refractivity contribution < 1.29 is 4.92 Å². The second-order valence-electron chi connectivity index (χ2n) is 11.9. The van der Waals surface area contributed by atoms with Gasteiger partial charge in [-0.3, -0.25) is 0 Å². The first-order chi connectivity index (χ1) is 13.9. The van der Waals surface area contributed by atoms with Crippen LogP contribution in [0.15, 0.2) is 4.79 Å². The third-order valence-corrected chi connectivity index (χ3v) is 9.86. The summed E-state index contributed by atoms with van der Waals surface area (Å²) in [7, 11) is 0. The summed E-state index contributed by atoms with van der Waals surface area (Å²) in [5, 5.41) is 16.6. The van der Waals surface area contributed by atoms with Gasteiger partial charge >= 0.3 is 11.6 Å². The molecule has 0 saturated heterocycles. The molecule has 0 amide bonds. The van der Waals surface area contributed by atoms with E-state index in [2.05, 4.69) is 5.10 Å². The van der Waals surface area contributed by atoms with Crippen molar-refractivity contribution in [1.29, 1.82) is 0 Å². The van der Waals surface area contributed by atoms with Crippen LogP contribution in [0.25, 0.3) is 0 Å². The summed E-state index contributed by atoms with van der Waals surface area (Å²) < 4.78 is 3.25. The summed E-state index contributed by atoms with van der Waals surface area (Å²) in [6.45, 7) is 0. The summed E-state index contributed by atoms with van der Waals surface area (Å²) in [4.78, 5) is 25.6. The Balaban J connectivity index is 1.39. The number of nitro groups is 1. The number of rotatable bonds is 3. The third kappa shape index (κ3) is 2.19. The van der Waals surface area contributed by atoms with Crippen molar-refractivity contribution in [3.8, 4) is 0 Å². The predicted molar refractivity (Wildman–Crippen MR) is 105 cm³/mol. The van der Waals surface area contributed by atoms with Gasteiger partial charge in [0.1, 0.15) is 0 Å².